The number of likely N-dealkylation sites (tertiary alicyclic amines) is 1. The highest BCUT2D eigenvalue weighted by Gasteiger charge is 2.40. The third kappa shape index (κ3) is 8.33. The number of hydrogen-bond donors (Lipinski definition) is 3. The van der Waals surface area contributed by atoms with E-state index in [9.17, 15) is 19.2 Å². The second-order valence-electron chi connectivity index (χ2n) is 11.6. The van der Waals surface area contributed by atoms with Gasteiger partial charge in [0.25, 0.3) is 0 Å². The van der Waals surface area contributed by atoms with Crippen molar-refractivity contribution >= 4 is 40.8 Å². The van der Waals surface area contributed by atoms with Crippen LogP contribution in [-0.4, -0.2) is 94.0 Å². The summed E-state index contributed by atoms with van der Waals surface area (Å²) in [6, 6.07) is 17.5. The molecule has 4 N–H and O–H groups in total. The molecule has 1 aromatic heterocycles. The molecule has 2 fully saturated rings. The van der Waals surface area contributed by atoms with Gasteiger partial charge in [0.2, 0.25) is 23.5 Å². The van der Waals surface area contributed by atoms with Crippen molar-refractivity contribution in [2.24, 2.45) is 11.7 Å². The van der Waals surface area contributed by atoms with Gasteiger partial charge in [-0.25, -0.2) is 4.98 Å². The van der Waals surface area contributed by atoms with Gasteiger partial charge in [-0.2, -0.15) is 0 Å². The molecule has 3 atom stereocenters. The molecule has 0 unspecified atom stereocenters. The number of hydrogen-bond acceptors (Lipinski definition) is 7. The zero-order valence-corrected chi connectivity index (χ0v) is 26.0. The molecule has 0 radical (unpaired) electrons. The first-order chi connectivity index (χ1) is 21.8. The summed E-state index contributed by atoms with van der Waals surface area (Å²) < 4.78 is 0. The maximum absolute atomic E-state index is 13.8. The van der Waals surface area contributed by atoms with E-state index in [0.29, 0.717) is 37.5 Å². The Morgan fingerprint density at radius 1 is 1.07 bits per heavy atom. The largest absolute Gasteiger partial charge is 0.370 e. The lowest BCUT2D eigenvalue weighted by molar-refractivity contribution is -0.157. The number of thiazole rings is 1. The molecule has 3 heterocycles. The molecule has 2 aliphatic heterocycles. The average molecular weight is 630 g/mol. The van der Waals surface area contributed by atoms with Crippen LogP contribution in [0, 0.1) is 11.3 Å². The molecule has 3 aromatic rings. The van der Waals surface area contributed by atoms with Crippen LogP contribution in [0.4, 0.5) is 0 Å². The van der Waals surface area contributed by atoms with E-state index in [4.69, 9.17) is 11.1 Å². The first-order valence-electron chi connectivity index (χ1n) is 15.3. The van der Waals surface area contributed by atoms with Crippen molar-refractivity contribution in [3.8, 4) is 0 Å². The topological polar surface area (TPSA) is 153 Å². The molecule has 5 rings (SSSR count). The first-order valence-corrected chi connectivity index (χ1v) is 16.1. The van der Waals surface area contributed by atoms with E-state index in [2.05, 4.69) is 10.3 Å². The van der Waals surface area contributed by atoms with Crippen LogP contribution in [0.5, 0.6) is 0 Å². The van der Waals surface area contributed by atoms with Crippen molar-refractivity contribution in [2.75, 3.05) is 32.7 Å². The predicted octanol–water partition coefficient (Wildman–Crippen LogP) is 2.33. The standard InChI is InChI=1S/C33H39N7O4S/c34-33(35)39-15-7-12-25(20-39)18-26(30(43)31-36-14-17-45-31)37-28(41)21-40-27(19-24-10-5-2-6-11-24)32(44)38(22-29(40)42)16-13-23-8-3-1-4-9-23/h1-6,8-11,14,17,25-27H,7,12-13,15-16,18-22H2,(H3,34,35)(H,37,41)/t25-,26-,27+/m0/s1. The fourth-order valence-corrected chi connectivity index (χ4v) is 6.74. The Morgan fingerprint density at radius 3 is 2.44 bits per heavy atom. The number of piperidine rings is 1. The number of rotatable bonds is 12. The van der Waals surface area contributed by atoms with Gasteiger partial charge >= 0.3 is 0 Å². The maximum atomic E-state index is 13.8. The van der Waals surface area contributed by atoms with Gasteiger partial charge in [0.15, 0.2) is 11.0 Å². The number of nitrogens with zero attached hydrogens (tertiary/aromatic N) is 4. The molecule has 0 bridgehead atoms. The van der Waals surface area contributed by atoms with Crippen molar-refractivity contribution in [1.29, 1.82) is 5.41 Å². The Bertz CT molecular complexity index is 1490. The molecule has 2 aliphatic rings. The number of ketones is 1. The number of benzene rings is 2. The van der Waals surface area contributed by atoms with Crippen LogP contribution in [0.25, 0.3) is 0 Å². The van der Waals surface area contributed by atoms with E-state index < -0.39 is 18.0 Å². The third-order valence-electron chi connectivity index (χ3n) is 8.44. The molecule has 11 nitrogen and oxygen atoms in total. The number of amides is 3. The smallest absolute Gasteiger partial charge is 0.246 e. The number of piperazine rings is 1. The number of carbonyl (C=O) groups excluding carboxylic acids is 4. The van der Waals surface area contributed by atoms with E-state index in [1.54, 1.807) is 21.4 Å². The molecule has 0 saturated carbocycles. The van der Waals surface area contributed by atoms with Crippen LogP contribution >= 0.6 is 11.3 Å². The minimum Gasteiger partial charge on any atom is -0.370 e. The van der Waals surface area contributed by atoms with Gasteiger partial charge in [-0.05, 0) is 42.7 Å². The van der Waals surface area contributed by atoms with Crippen molar-refractivity contribution in [2.45, 2.75) is 44.2 Å². The molecular formula is C33H39N7O4S. The summed E-state index contributed by atoms with van der Waals surface area (Å²) in [5.74, 6) is -1.32. The number of nitrogens with one attached hydrogen (secondary N) is 2. The Balaban J connectivity index is 1.31. The zero-order valence-electron chi connectivity index (χ0n) is 25.1. The highest BCUT2D eigenvalue weighted by molar-refractivity contribution is 7.11. The van der Waals surface area contributed by atoms with Gasteiger partial charge in [-0.1, -0.05) is 60.7 Å². The average Bonchev–Trinajstić information content (AvgIpc) is 3.59. The first kappa shape index (κ1) is 31.8. The lowest BCUT2D eigenvalue weighted by atomic mass is 9.90. The second kappa shape index (κ2) is 14.9. The Morgan fingerprint density at radius 2 is 1.78 bits per heavy atom. The van der Waals surface area contributed by atoms with Crippen molar-refractivity contribution in [1.82, 2.24) is 25.0 Å². The molecule has 3 amide bonds. The molecule has 0 aliphatic carbocycles. The second-order valence-corrected chi connectivity index (χ2v) is 12.5. The Kier molecular flexibility index (Phi) is 10.6. The molecule has 2 aromatic carbocycles. The van der Waals surface area contributed by atoms with Crippen molar-refractivity contribution in [3.63, 3.8) is 0 Å². The van der Waals surface area contributed by atoms with Crippen molar-refractivity contribution < 1.29 is 19.2 Å². The van der Waals surface area contributed by atoms with Crippen LogP contribution in [0.1, 0.15) is 40.2 Å². The van der Waals surface area contributed by atoms with Crippen LogP contribution in [0.15, 0.2) is 72.2 Å². The summed E-state index contributed by atoms with van der Waals surface area (Å²) in [7, 11) is 0. The van der Waals surface area contributed by atoms with E-state index in [0.717, 1.165) is 24.0 Å². The summed E-state index contributed by atoms with van der Waals surface area (Å²) >= 11 is 1.20. The molecule has 0 spiro atoms. The number of carbonyl (C=O) groups is 4. The Hall–Kier alpha value is -4.58. The van der Waals surface area contributed by atoms with E-state index in [1.165, 1.54) is 16.2 Å². The van der Waals surface area contributed by atoms with Crippen LogP contribution in [-0.2, 0) is 27.2 Å². The number of aromatic nitrogens is 1. The normalized spacial score (nSPS) is 19.3. The lowest BCUT2D eigenvalue weighted by Crippen LogP contribution is -2.63. The Labute approximate surface area is 266 Å². The highest BCUT2D eigenvalue weighted by Crippen LogP contribution is 2.23. The van der Waals surface area contributed by atoms with Crippen LogP contribution in [0.2, 0.25) is 0 Å². The monoisotopic (exact) mass is 629 g/mol. The minimum atomic E-state index is -0.869. The minimum absolute atomic E-state index is 0.0120. The fraction of sp³-hybridized carbons (Fsp3) is 0.394. The summed E-state index contributed by atoms with van der Waals surface area (Å²) in [5.41, 5.74) is 7.68. The molecule has 12 heteroatoms. The number of guanidine groups is 1. The van der Waals surface area contributed by atoms with Crippen LogP contribution in [0.3, 0.4) is 0 Å². The van der Waals surface area contributed by atoms with Gasteiger partial charge in [-0.3, -0.25) is 24.6 Å². The highest BCUT2D eigenvalue weighted by atomic mass is 32.1. The summed E-state index contributed by atoms with van der Waals surface area (Å²) in [4.78, 5) is 63.3. The van der Waals surface area contributed by atoms with Gasteiger partial charge in [0.05, 0.1) is 12.6 Å². The fourth-order valence-electron chi connectivity index (χ4n) is 6.11. The summed E-state index contributed by atoms with van der Waals surface area (Å²) in [6.07, 6.45) is 4.43. The molecular weight excluding hydrogens is 590 g/mol. The van der Waals surface area contributed by atoms with E-state index in [-0.39, 0.29) is 49.0 Å². The van der Waals surface area contributed by atoms with E-state index >= 15 is 0 Å². The van der Waals surface area contributed by atoms with Gasteiger partial charge in [0, 0.05) is 37.6 Å². The van der Waals surface area contributed by atoms with E-state index in [1.807, 2.05) is 60.7 Å². The summed E-state index contributed by atoms with van der Waals surface area (Å²) in [6.45, 7) is 1.13. The zero-order chi connectivity index (χ0) is 31.8. The van der Waals surface area contributed by atoms with Crippen molar-refractivity contribution in [3.05, 3.63) is 88.4 Å². The third-order valence-corrected chi connectivity index (χ3v) is 9.23. The SMILES string of the molecule is N=C(N)N1CCC[C@@H](C[C@H](NC(=O)CN2C(=O)CN(CCc3ccccc3)C(=O)[C@H]2Cc2ccccc2)C(=O)c2nccs2)C1. The number of nitrogens with two attached hydrogens (primary N) is 1. The quantitative estimate of drug-likeness (QED) is 0.158. The van der Waals surface area contributed by atoms with Gasteiger partial charge < -0.3 is 25.8 Å². The number of Topliss-reactive ketones (excluding diaryl/α,β-unsaturated/α-hetero) is 1. The molecule has 236 valence electrons. The van der Waals surface area contributed by atoms with Crippen LogP contribution < -0.4 is 11.1 Å². The molecule has 2 saturated heterocycles. The molecule has 45 heavy (non-hydrogen) atoms. The summed E-state index contributed by atoms with van der Waals surface area (Å²) in [5, 5.41) is 12.7. The predicted molar refractivity (Wildman–Crippen MR) is 172 cm³/mol. The van der Waals surface area contributed by atoms with Gasteiger partial charge in [0.1, 0.15) is 12.6 Å². The van der Waals surface area contributed by atoms with Gasteiger partial charge in [-0.15, -0.1) is 11.3 Å². The lowest BCUT2D eigenvalue weighted by Gasteiger charge is -2.40. The maximum Gasteiger partial charge on any atom is 0.246 e.